The molecule has 0 unspecified atom stereocenters. The van der Waals surface area contributed by atoms with Crippen molar-refractivity contribution >= 4 is 39.9 Å². The molecule has 2 aromatic heterocycles. The van der Waals surface area contributed by atoms with Crippen molar-refractivity contribution in [3.8, 4) is 0 Å². The third-order valence-corrected chi connectivity index (χ3v) is 5.88. The molecule has 3 nitrogen and oxygen atoms in total. The van der Waals surface area contributed by atoms with E-state index in [1.165, 1.54) is 12.8 Å². The summed E-state index contributed by atoms with van der Waals surface area (Å²) in [4.78, 5) is 18.6. The zero-order chi connectivity index (χ0) is 17.5. The molecule has 25 heavy (non-hydrogen) atoms. The standard InChI is InChI=1S/C20H22N2OS2/c1-2-3-6-11-25-20-17(13-15-8-4-5-10-18(15)22-20)19(23)21-14-16-9-7-12-24-16/h4-5,7-10,12-13H,2-3,6,11,14H2,1H3,(H,21,23). The van der Waals surface area contributed by atoms with Crippen molar-refractivity contribution in [3.63, 3.8) is 0 Å². The zero-order valence-corrected chi connectivity index (χ0v) is 16.0. The number of thiophene rings is 1. The summed E-state index contributed by atoms with van der Waals surface area (Å²) in [5.74, 6) is 0.939. The van der Waals surface area contributed by atoms with Crippen molar-refractivity contribution in [2.24, 2.45) is 0 Å². The first kappa shape index (κ1) is 18.0. The fourth-order valence-corrected chi connectivity index (χ4v) is 4.22. The molecule has 0 spiro atoms. The van der Waals surface area contributed by atoms with Gasteiger partial charge in [0.15, 0.2) is 0 Å². The van der Waals surface area contributed by atoms with Crippen molar-refractivity contribution in [1.82, 2.24) is 10.3 Å². The monoisotopic (exact) mass is 370 g/mol. The Labute approximate surface area is 156 Å². The smallest absolute Gasteiger partial charge is 0.254 e. The molecular formula is C20H22N2OS2. The van der Waals surface area contributed by atoms with Crippen LogP contribution in [-0.2, 0) is 6.54 Å². The summed E-state index contributed by atoms with van der Waals surface area (Å²) in [5.41, 5.74) is 1.62. The van der Waals surface area contributed by atoms with E-state index in [0.29, 0.717) is 12.1 Å². The van der Waals surface area contributed by atoms with Crippen LogP contribution < -0.4 is 5.32 Å². The number of para-hydroxylation sites is 1. The Morgan fingerprint density at radius 1 is 1.20 bits per heavy atom. The maximum atomic E-state index is 12.7. The number of benzene rings is 1. The van der Waals surface area contributed by atoms with Crippen LogP contribution in [-0.4, -0.2) is 16.6 Å². The van der Waals surface area contributed by atoms with Gasteiger partial charge in [0.05, 0.1) is 17.6 Å². The Morgan fingerprint density at radius 2 is 2.08 bits per heavy atom. The second-order valence-electron chi connectivity index (χ2n) is 5.85. The Hall–Kier alpha value is -1.85. The van der Waals surface area contributed by atoms with Gasteiger partial charge in [-0.2, -0.15) is 0 Å². The quantitative estimate of drug-likeness (QED) is 0.420. The fourth-order valence-electron chi connectivity index (χ4n) is 2.57. The van der Waals surface area contributed by atoms with Gasteiger partial charge < -0.3 is 5.32 Å². The molecule has 3 aromatic rings. The lowest BCUT2D eigenvalue weighted by atomic mass is 10.1. The lowest BCUT2D eigenvalue weighted by Gasteiger charge is -2.11. The molecule has 1 N–H and O–H groups in total. The van der Waals surface area contributed by atoms with Crippen LogP contribution in [0.25, 0.3) is 10.9 Å². The van der Waals surface area contributed by atoms with E-state index in [0.717, 1.165) is 33.0 Å². The molecule has 1 amide bonds. The van der Waals surface area contributed by atoms with E-state index in [9.17, 15) is 4.79 Å². The van der Waals surface area contributed by atoms with Crippen LogP contribution in [0, 0.1) is 0 Å². The fraction of sp³-hybridized carbons (Fsp3) is 0.300. The summed E-state index contributed by atoms with van der Waals surface area (Å²) in [6.45, 7) is 2.76. The molecule has 0 bridgehead atoms. The lowest BCUT2D eigenvalue weighted by Crippen LogP contribution is -2.23. The molecular weight excluding hydrogens is 348 g/mol. The van der Waals surface area contributed by atoms with Gasteiger partial charge in [-0.3, -0.25) is 4.79 Å². The maximum Gasteiger partial charge on any atom is 0.254 e. The molecule has 3 rings (SSSR count). The lowest BCUT2D eigenvalue weighted by molar-refractivity contribution is 0.0948. The summed E-state index contributed by atoms with van der Waals surface area (Å²) in [6, 6.07) is 14.0. The van der Waals surface area contributed by atoms with E-state index in [1.807, 2.05) is 47.8 Å². The molecule has 0 radical (unpaired) electrons. The van der Waals surface area contributed by atoms with E-state index in [4.69, 9.17) is 4.98 Å². The van der Waals surface area contributed by atoms with Gasteiger partial charge in [0.2, 0.25) is 0 Å². The Bertz CT molecular complexity index is 831. The highest BCUT2D eigenvalue weighted by Gasteiger charge is 2.15. The number of amides is 1. The summed E-state index contributed by atoms with van der Waals surface area (Å²) in [5, 5.41) is 6.88. The predicted molar refractivity (Wildman–Crippen MR) is 107 cm³/mol. The Balaban J connectivity index is 1.80. The van der Waals surface area contributed by atoms with Gasteiger partial charge in [0.1, 0.15) is 5.03 Å². The van der Waals surface area contributed by atoms with Gasteiger partial charge in [0.25, 0.3) is 5.91 Å². The molecule has 2 heterocycles. The molecule has 0 atom stereocenters. The van der Waals surface area contributed by atoms with Crippen LogP contribution in [0.15, 0.2) is 52.9 Å². The van der Waals surface area contributed by atoms with Gasteiger partial charge >= 0.3 is 0 Å². The molecule has 0 fully saturated rings. The number of carbonyl (C=O) groups is 1. The van der Waals surface area contributed by atoms with Crippen LogP contribution in [0.1, 0.15) is 41.4 Å². The average Bonchev–Trinajstić information content (AvgIpc) is 3.16. The molecule has 0 saturated heterocycles. The normalized spacial score (nSPS) is 10.9. The predicted octanol–water partition coefficient (Wildman–Crippen LogP) is 5.51. The maximum absolute atomic E-state index is 12.7. The number of fused-ring (bicyclic) bond motifs is 1. The zero-order valence-electron chi connectivity index (χ0n) is 14.3. The third kappa shape index (κ3) is 4.83. The topological polar surface area (TPSA) is 42.0 Å². The molecule has 1 aromatic carbocycles. The van der Waals surface area contributed by atoms with Gasteiger partial charge in [0, 0.05) is 10.3 Å². The van der Waals surface area contributed by atoms with Crippen LogP contribution in [0.2, 0.25) is 0 Å². The van der Waals surface area contributed by atoms with Crippen molar-refractivity contribution < 1.29 is 4.79 Å². The number of unbranched alkanes of at least 4 members (excludes halogenated alkanes) is 2. The van der Waals surface area contributed by atoms with Crippen molar-refractivity contribution in [3.05, 3.63) is 58.3 Å². The first-order chi connectivity index (χ1) is 12.3. The van der Waals surface area contributed by atoms with E-state index in [-0.39, 0.29) is 5.91 Å². The van der Waals surface area contributed by atoms with Crippen LogP contribution in [0.5, 0.6) is 0 Å². The number of hydrogen-bond acceptors (Lipinski definition) is 4. The highest BCUT2D eigenvalue weighted by Crippen LogP contribution is 2.26. The Morgan fingerprint density at radius 3 is 2.88 bits per heavy atom. The van der Waals surface area contributed by atoms with E-state index < -0.39 is 0 Å². The summed E-state index contributed by atoms with van der Waals surface area (Å²) in [7, 11) is 0. The van der Waals surface area contributed by atoms with Crippen molar-refractivity contribution in [2.75, 3.05) is 5.75 Å². The summed E-state index contributed by atoms with van der Waals surface area (Å²) in [6.07, 6.45) is 3.55. The second kappa shape index (κ2) is 9.02. The number of hydrogen-bond donors (Lipinski definition) is 1. The molecule has 0 aliphatic rings. The number of nitrogens with zero attached hydrogens (tertiary/aromatic N) is 1. The third-order valence-electron chi connectivity index (χ3n) is 3.92. The molecule has 0 aliphatic carbocycles. The minimum atomic E-state index is -0.0513. The van der Waals surface area contributed by atoms with Gasteiger partial charge in [-0.25, -0.2) is 4.98 Å². The van der Waals surface area contributed by atoms with Gasteiger partial charge in [-0.05, 0) is 35.8 Å². The van der Waals surface area contributed by atoms with E-state index >= 15 is 0 Å². The summed E-state index contributed by atoms with van der Waals surface area (Å²) >= 11 is 3.33. The Kier molecular flexibility index (Phi) is 6.48. The summed E-state index contributed by atoms with van der Waals surface area (Å²) < 4.78 is 0. The van der Waals surface area contributed by atoms with Crippen LogP contribution in [0.4, 0.5) is 0 Å². The van der Waals surface area contributed by atoms with Gasteiger partial charge in [-0.15, -0.1) is 23.1 Å². The minimum absolute atomic E-state index is 0.0513. The highest BCUT2D eigenvalue weighted by molar-refractivity contribution is 7.99. The van der Waals surface area contributed by atoms with Crippen LogP contribution in [0.3, 0.4) is 0 Å². The van der Waals surface area contributed by atoms with Crippen molar-refractivity contribution in [1.29, 1.82) is 0 Å². The highest BCUT2D eigenvalue weighted by atomic mass is 32.2. The number of pyridine rings is 1. The number of nitrogens with one attached hydrogen (secondary N) is 1. The second-order valence-corrected chi connectivity index (χ2v) is 7.97. The van der Waals surface area contributed by atoms with E-state index in [2.05, 4.69) is 12.2 Å². The minimum Gasteiger partial charge on any atom is -0.347 e. The first-order valence-corrected chi connectivity index (χ1v) is 10.5. The molecule has 130 valence electrons. The largest absolute Gasteiger partial charge is 0.347 e. The molecule has 0 saturated carbocycles. The van der Waals surface area contributed by atoms with Gasteiger partial charge in [-0.1, -0.05) is 44.0 Å². The van der Waals surface area contributed by atoms with Crippen LogP contribution >= 0.6 is 23.1 Å². The first-order valence-electron chi connectivity index (χ1n) is 8.61. The average molecular weight is 371 g/mol. The molecule has 0 aliphatic heterocycles. The van der Waals surface area contributed by atoms with E-state index in [1.54, 1.807) is 23.1 Å². The number of aromatic nitrogens is 1. The number of rotatable bonds is 8. The number of thioether (sulfide) groups is 1. The van der Waals surface area contributed by atoms with Crippen molar-refractivity contribution in [2.45, 2.75) is 37.8 Å². The number of carbonyl (C=O) groups excluding carboxylic acids is 1. The SMILES string of the molecule is CCCCCSc1nc2ccccc2cc1C(=O)NCc1cccs1. The molecule has 5 heteroatoms.